The van der Waals surface area contributed by atoms with Gasteiger partial charge in [0.1, 0.15) is 41.5 Å². The molecule has 0 radical (unpaired) electrons. The first-order valence-corrected chi connectivity index (χ1v) is 16.8. The fourth-order valence-corrected chi connectivity index (χ4v) is 6.11. The van der Waals surface area contributed by atoms with Gasteiger partial charge >= 0.3 is 6.09 Å². The zero-order valence-electron chi connectivity index (χ0n) is 26.0. The molecular weight excluding hydrogens is 604 g/mol. The Labute approximate surface area is 260 Å². The minimum Gasteiger partial charge on any atom is -0.444 e. The molecule has 0 bridgehead atoms. The highest BCUT2D eigenvalue weighted by atomic mass is 32.0. The zero-order valence-corrected chi connectivity index (χ0v) is 28.1. The molecule has 0 N–H and O–H groups in total. The standard InChI is InChI=1S/C30H39N5O7P2/c1-28(2,3)42-27(37)35-20(15-39-29(35,4)5)24-25(41-30(6,7)40-24)23(36)19-13-34(17-38-14-18-11-9-8-10-12-18)22-21(19)31-16-32-26(22)33-44-43/h8-13,16,20,24-25H,14-15,17,43H2,1-7H3/t20-,24-,25+/m1/s1. The number of hydrogen-bond acceptors (Lipinski definition) is 10. The highest BCUT2D eigenvalue weighted by Gasteiger charge is 2.57. The molecule has 4 heterocycles. The van der Waals surface area contributed by atoms with Gasteiger partial charge in [0.2, 0.25) is 0 Å². The van der Waals surface area contributed by atoms with Gasteiger partial charge in [-0.05, 0) is 54.0 Å². The fraction of sp³-hybridized carbons (Fsp3) is 0.533. The van der Waals surface area contributed by atoms with Crippen molar-refractivity contribution in [1.82, 2.24) is 19.4 Å². The number of ketones is 1. The number of carbonyl (C=O) groups is 2. The zero-order chi connectivity index (χ0) is 31.9. The number of amides is 1. The average molecular weight is 644 g/mol. The van der Waals surface area contributed by atoms with E-state index >= 15 is 0 Å². The lowest BCUT2D eigenvalue weighted by Crippen LogP contribution is -2.56. The molecule has 2 aromatic heterocycles. The Morgan fingerprint density at radius 3 is 2.55 bits per heavy atom. The topological polar surface area (TPSA) is 127 Å². The quantitative estimate of drug-likeness (QED) is 0.207. The lowest BCUT2D eigenvalue weighted by molar-refractivity contribution is -0.149. The fourth-order valence-electron chi connectivity index (χ4n) is 5.53. The Balaban J connectivity index is 1.50. The van der Waals surface area contributed by atoms with Gasteiger partial charge in [-0.1, -0.05) is 39.3 Å². The van der Waals surface area contributed by atoms with E-state index in [1.54, 1.807) is 59.2 Å². The van der Waals surface area contributed by atoms with Gasteiger partial charge in [-0.2, -0.15) is 0 Å². The summed E-state index contributed by atoms with van der Waals surface area (Å²) in [7, 11) is 3.19. The summed E-state index contributed by atoms with van der Waals surface area (Å²) in [5.74, 6) is -1.03. The summed E-state index contributed by atoms with van der Waals surface area (Å²) in [5.41, 5.74) is 0.576. The van der Waals surface area contributed by atoms with Gasteiger partial charge in [-0.3, -0.25) is 9.69 Å². The number of fused-ring (bicyclic) bond motifs is 1. The van der Waals surface area contributed by atoms with Crippen molar-refractivity contribution < 1.29 is 33.3 Å². The van der Waals surface area contributed by atoms with Crippen molar-refractivity contribution in [3.63, 3.8) is 0 Å². The van der Waals surface area contributed by atoms with E-state index in [9.17, 15) is 9.59 Å². The number of hydrogen-bond donors (Lipinski definition) is 0. The maximum atomic E-state index is 14.4. The van der Waals surface area contributed by atoms with Crippen molar-refractivity contribution in [3.8, 4) is 0 Å². The second-order valence-corrected chi connectivity index (χ2v) is 13.8. The third-order valence-corrected chi connectivity index (χ3v) is 7.92. The van der Waals surface area contributed by atoms with Crippen molar-refractivity contribution in [3.05, 3.63) is 54.0 Å². The third-order valence-electron chi connectivity index (χ3n) is 7.27. The van der Waals surface area contributed by atoms with Crippen LogP contribution in [0.3, 0.4) is 0 Å². The van der Waals surface area contributed by atoms with Crippen LogP contribution in [0.1, 0.15) is 64.4 Å². The molecule has 1 unspecified atom stereocenters. The van der Waals surface area contributed by atoms with Gasteiger partial charge in [0.15, 0.2) is 23.5 Å². The van der Waals surface area contributed by atoms with E-state index in [0.29, 0.717) is 37.1 Å². The van der Waals surface area contributed by atoms with Crippen LogP contribution in [0.25, 0.3) is 11.0 Å². The summed E-state index contributed by atoms with van der Waals surface area (Å²) >= 11 is 0. The molecule has 14 heteroatoms. The summed E-state index contributed by atoms with van der Waals surface area (Å²) < 4.78 is 36.6. The van der Waals surface area contributed by atoms with Gasteiger partial charge in [-0.25, -0.2) is 19.5 Å². The number of carbonyl (C=O) groups excluding carboxylic acids is 2. The van der Waals surface area contributed by atoms with E-state index in [4.69, 9.17) is 23.7 Å². The van der Waals surface area contributed by atoms with Crippen LogP contribution >= 0.6 is 17.0 Å². The smallest absolute Gasteiger partial charge is 0.412 e. The van der Waals surface area contributed by atoms with Crippen LogP contribution in [0.15, 0.2) is 47.6 Å². The molecule has 3 aromatic rings. The van der Waals surface area contributed by atoms with Crippen LogP contribution in [0, 0.1) is 0 Å². The summed E-state index contributed by atoms with van der Waals surface area (Å²) in [6, 6.07) is 9.15. The Morgan fingerprint density at radius 1 is 1.14 bits per heavy atom. The van der Waals surface area contributed by atoms with Gasteiger partial charge in [0.05, 0.1) is 24.8 Å². The van der Waals surface area contributed by atoms with Crippen LogP contribution < -0.4 is 0 Å². The first kappa shape index (κ1) is 32.5. The summed E-state index contributed by atoms with van der Waals surface area (Å²) in [6.45, 7) is 13.1. The molecule has 12 nitrogen and oxygen atoms in total. The summed E-state index contributed by atoms with van der Waals surface area (Å²) in [4.78, 5) is 38.2. The van der Waals surface area contributed by atoms with E-state index < -0.39 is 41.5 Å². The van der Waals surface area contributed by atoms with Crippen LogP contribution in [-0.2, 0) is 37.0 Å². The minimum absolute atomic E-state index is 0.133. The molecule has 2 saturated heterocycles. The van der Waals surface area contributed by atoms with Gasteiger partial charge in [0.25, 0.3) is 0 Å². The molecule has 0 aliphatic carbocycles. The van der Waals surface area contributed by atoms with Crippen molar-refractivity contribution in [2.24, 2.45) is 4.74 Å². The van der Waals surface area contributed by atoms with Crippen LogP contribution in [0.5, 0.6) is 0 Å². The molecule has 2 aliphatic heterocycles. The van der Waals surface area contributed by atoms with Gasteiger partial charge < -0.3 is 28.3 Å². The first-order valence-electron chi connectivity index (χ1n) is 14.3. The lowest BCUT2D eigenvalue weighted by Gasteiger charge is -2.37. The molecule has 0 spiro atoms. The number of aromatic nitrogens is 3. The molecule has 236 valence electrons. The van der Waals surface area contributed by atoms with Crippen molar-refractivity contribution >= 4 is 45.7 Å². The maximum absolute atomic E-state index is 14.4. The average Bonchev–Trinajstić information content (AvgIpc) is 3.58. The number of benzene rings is 1. The molecule has 5 rings (SSSR count). The largest absolute Gasteiger partial charge is 0.444 e. The van der Waals surface area contributed by atoms with E-state index in [1.165, 1.54) is 11.2 Å². The lowest BCUT2D eigenvalue weighted by atomic mass is 9.97. The molecule has 1 aromatic carbocycles. The predicted octanol–water partition coefficient (Wildman–Crippen LogP) is 6.23. The van der Waals surface area contributed by atoms with E-state index in [1.807, 2.05) is 30.3 Å². The number of nitrogens with zero attached hydrogens (tertiary/aromatic N) is 5. The Morgan fingerprint density at radius 2 is 1.86 bits per heavy atom. The van der Waals surface area contributed by atoms with Gasteiger partial charge in [-0.15, -0.1) is 0 Å². The summed E-state index contributed by atoms with van der Waals surface area (Å²) in [5, 5.41) is 0. The number of rotatable bonds is 8. The Bertz CT molecular complexity index is 1550. The van der Waals surface area contributed by atoms with Crippen molar-refractivity contribution in [1.29, 1.82) is 0 Å². The molecule has 2 aliphatic rings. The molecular formula is C30H39N5O7P2. The highest BCUT2D eigenvalue weighted by molar-refractivity contribution is 7.97. The number of Topliss-reactive ketones (excluding diaryl/α,β-unsaturated/α-hetero) is 1. The molecule has 2 fully saturated rings. The number of ether oxygens (including phenoxy) is 5. The van der Waals surface area contributed by atoms with Crippen molar-refractivity contribution in [2.75, 3.05) is 6.61 Å². The van der Waals surface area contributed by atoms with Crippen LogP contribution in [0.4, 0.5) is 10.6 Å². The van der Waals surface area contributed by atoms with Gasteiger partial charge in [0, 0.05) is 14.3 Å². The normalized spacial score (nSPS) is 23.1. The molecule has 44 heavy (non-hydrogen) atoms. The van der Waals surface area contributed by atoms with E-state index in [-0.39, 0.29) is 19.1 Å². The Hall–Kier alpha value is -2.85. The predicted molar refractivity (Wildman–Crippen MR) is 168 cm³/mol. The van der Waals surface area contributed by atoms with Crippen LogP contribution in [-0.4, -0.2) is 73.3 Å². The SMILES string of the molecule is CC(C)(C)OC(=O)N1[C@@H]([C@H]2OC(C)(C)O[C@H]2C(=O)c2cn(COCc3ccccc3)c3c(N=PP)ncnc23)COC1(C)C. The minimum atomic E-state index is -1.11. The molecule has 4 atom stereocenters. The second-order valence-electron chi connectivity index (χ2n) is 12.6. The third kappa shape index (κ3) is 6.86. The molecule has 1 amide bonds. The van der Waals surface area contributed by atoms with Crippen molar-refractivity contribution in [2.45, 2.75) is 97.2 Å². The summed E-state index contributed by atoms with van der Waals surface area (Å²) in [6.07, 6.45) is 0.589. The monoisotopic (exact) mass is 643 g/mol. The first-order chi connectivity index (χ1) is 20.7. The van der Waals surface area contributed by atoms with Crippen LogP contribution in [0.2, 0.25) is 0 Å². The van der Waals surface area contributed by atoms with E-state index in [0.717, 1.165) is 5.56 Å². The van der Waals surface area contributed by atoms with E-state index in [2.05, 4.69) is 23.6 Å². The Kier molecular flexibility index (Phi) is 9.25. The maximum Gasteiger partial charge on any atom is 0.412 e. The highest BCUT2D eigenvalue weighted by Crippen LogP contribution is 2.40. The second kappa shape index (κ2) is 12.5. The molecule has 0 saturated carbocycles.